The number of para-hydroxylation sites is 2. The number of fused-ring (bicyclic) bond motifs is 18. The third kappa shape index (κ3) is 10.1. The zero-order valence-corrected chi connectivity index (χ0v) is 56.2. The smallest absolute Gasteiger partial charge is 0.457 e. The van der Waals surface area contributed by atoms with Crippen molar-refractivity contribution >= 4 is 28.5 Å². The lowest BCUT2D eigenvalue weighted by molar-refractivity contribution is 0.00578. The number of hydrogen-bond donors (Lipinski definition) is 0. The van der Waals surface area contributed by atoms with Gasteiger partial charge in [-0.25, -0.2) is 9.97 Å². The van der Waals surface area contributed by atoms with Crippen molar-refractivity contribution < 1.29 is 18.8 Å². The Kier molecular flexibility index (Phi) is 15.0. The monoisotopic (exact) mass is 1330 g/mol. The highest BCUT2D eigenvalue weighted by molar-refractivity contribution is 9.10. The molecule has 1 fully saturated rings. The maximum atomic E-state index is 6.65. The van der Waals surface area contributed by atoms with Crippen LogP contribution in [0.25, 0.3) is 78.3 Å². The first kappa shape index (κ1) is 60.7. The topological polar surface area (TPSA) is 62.7 Å². The van der Waals surface area contributed by atoms with Gasteiger partial charge in [0.25, 0.3) is 0 Å². The van der Waals surface area contributed by atoms with Gasteiger partial charge in [-0.2, -0.15) is 0 Å². The van der Waals surface area contributed by atoms with E-state index in [1.54, 1.807) is 0 Å². The van der Waals surface area contributed by atoms with Gasteiger partial charge in [0.1, 0.15) is 27.6 Å². The van der Waals surface area contributed by atoms with Gasteiger partial charge in [0, 0.05) is 38.9 Å². The molecule has 470 valence electrons. The van der Waals surface area contributed by atoms with Crippen LogP contribution in [0.2, 0.25) is 0 Å². The van der Waals surface area contributed by atoms with E-state index in [4.69, 9.17) is 23.8 Å². The molecule has 2 spiro atoms. The molecule has 1 saturated heterocycles. The van der Waals surface area contributed by atoms with E-state index in [0.29, 0.717) is 0 Å². The summed E-state index contributed by atoms with van der Waals surface area (Å²) in [6.45, 7) is 8.37. The molecule has 98 heavy (non-hydrogen) atoms. The lowest BCUT2D eigenvalue weighted by atomic mass is 9.64. The van der Waals surface area contributed by atoms with E-state index in [2.05, 4.69) is 322 Å². The third-order valence-corrected chi connectivity index (χ3v) is 20.9. The summed E-state index contributed by atoms with van der Waals surface area (Å²) in [5, 5.41) is 0. The number of aromatic nitrogens is 2. The Morgan fingerprint density at radius 1 is 0.265 bits per heavy atom. The first-order chi connectivity index (χ1) is 48.0. The van der Waals surface area contributed by atoms with Crippen LogP contribution in [0.1, 0.15) is 72.2 Å². The zero-order chi connectivity index (χ0) is 66.2. The van der Waals surface area contributed by atoms with E-state index in [1.165, 1.54) is 61.2 Å². The molecule has 8 heteroatoms. The molecule has 0 saturated carbocycles. The zero-order valence-electron chi connectivity index (χ0n) is 54.7. The van der Waals surface area contributed by atoms with Crippen LogP contribution in [-0.2, 0) is 20.1 Å². The van der Waals surface area contributed by atoms with Gasteiger partial charge in [-0.15, -0.1) is 0 Å². The lowest BCUT2D eigenvalue weighted by Crippen LogP contribution is -2.41. The number of hydrogen-bond acceptors (Lipinski definition) is 6. The van der Waals surface area contributed by atoms with E-state index >= 15 is 0 Å². The highest BCUT2D eigenvalue weighted by Gasteiger charge is 2.55. The average Bonchev–Trinajstić information content (AvgIpc) is 1.48. The Balaban J connectivity index is 0.000000119. The molecule has 19 rings (SSSR count). The van der Waals surface area contributed by atoms with E-state index in [1.807, 2.05) is 54.6 Å². The maximum absolute atomic E-state index is 6.65. The Morgan fingerprint density at radius 2 is 0.592 bits per heavy atom. The minimum absolute atomic E-state index is 0.402. The van der Waals surface area contributed by atoms with Gasteiger partial charge in [-0.05, 0) is 177 Å². The molecular weight excluding hydrogens is 1260 g/mol. The number of pyridine rings is 2. The minimum atomic E-state index is -0.507. The Morgan fingerprint density at radius 3 is 1.03 bits per heavy atom. The first-order valence-electron chi connectivity index (χ1n) is 33.5. The first-order valence-corrected chi connectivity index (χ1v) is 34.3. The minimum Gasteiger partial charge on any atom is -0.457 e. The molecule has 0 amide bonds. The van der Waals surface area contributed by atoms with Crippen LogP contribution in [0.5, 0.6) is 23.0 Å². The van der Waals surface area contributed by atoms with Gasteiger partial charge >= 0.3 is 7.12 Å². The summed E-state index contributed by atoms with van der Waals surface area (Å²) in [5.41, 5.74) is 24.8. The molecule has 3 aliphatic heterocycles. The molecular formula is C90H66BBrN2O4. The van der Waals surface area contributed by atoms with Gasteiger partial charge in [-0.3, -0.25) is 0 Å². The summed E-state index contributed by atoms with van der Waals surface area (Å²) in [6.07, 6.45) is 0. The van der Waals surface area contributed by atoms with Crippen LogP contribution in [-0.4, -0.2) is 28.3 Å². The summed E-state index contributed by atoms with van der Waals surface area (Å²) >= 11 is 3.50. The number of nitrogens with zero attached hydrogens (tertiary/aromatic N) is 2. The third-order valence-electron chi connectivity index (χ3n) is 20.5. The van der Waals surface area contributed by atoms with Crippen LogP contribution < -0.4 is 14.9 Å². The standard InChI is InChI=1S/C42H27NO.C31H27BO3.C17H12BrN/c1-3-13-28(14-4-1)31-26-38(29-15-5-2-6-16-29)43-39(27-31)30-23-24-41-37(25-30)42(36-21-11-12-22-40(36)44-41)34-19-9-7-17-32(34)33-18-8-10-20-35(33)42;1-29(2)30(3,4)35-32(34-29)20-17-18-28-26(19-20)31(25-15-9-10-16-27(25)33-28)23-13-7-5-11-21(23)22-12-6-8-14-24(22)31;18-17-12-15(13-7-3-1-4-8-13)11-16(19-17)14-9-5-2-6-10-14/h1-27H;5-19H,1-4H3;1-12H. The van der Waals surface area contributed by atoms with Crippen molar-refractivity contribution in [2.45, 2.75) is 49.7 Å². The number of rotatable bonds is 6. The highest BCUT2D eigenvalue weighted by atomic mass is 79.9. The molecule has 14 aromatic rings. The summed E-state index contributed by atoms with van der Waals surface area (Å²) in [4.78, 5) is 9.80. The van der Waals surface area contributed by atoms with Gasteiger partial charge in [-0.1, -0.05) is 267 Å². The summed E-state index contributed by atoms with van der Waals surface area (Å²) in [6, 6.07) is 115. The van der Waals surface area contributed by atoms with Crippen molar-refractivity contribution in [3.8, 4) is 101 Å². The summed E-state index contributed by atoms with van der Waals surface area (Å²) < 4.78 is 26.9. The molecule has 2 aromatic heterocycles. The fourth-order valence-electron chi connectivity index (χ4n) is 15.3. The maximum Gasteiger partial charge on any atom is 0.494 e. The van der Waals surface area contributed by atoms with Crippen molar-refractivity contribution in [2.24, 2.45) is 0 Å². The Bertz CT molecular complexity index is 5170. The van der Waals surface area contributed by atoms with Crippen LogP contribution in [0.15, 0.2) is 332 Å². The molecule has 0 N–H and O–H groups in total. The molecule has 5 heterocycles. The van der Waals surface area contributed by atoms with Crippen LogP contribution in [0, 0.1) is 0 Å². The number of benzene rings is 12. The second-order valence-corrected chi connectivity index (χ2v) is 27.4. The largest absolute Gasteiger partial charge is 0.494 e. The molecule has 0 atom stereocenters. The molecule has 0 radical (unpaired) electrons. The second-order valence-electron chi connectivity index (χ2n) is 26.6. The van der Waals surface area contributed by atoms with E-state index < -0.39 is 29.2 Å². The molecule has 5 aliphatic rings. The average molecular weight is 1330 g/mol. The Labute approximate surface area is 581 Å². The fraction of sp³-hybridized carbons (Fsp3) is 0.0889. The molecule has 12 aromatic carbocycles. The predicted molar refractivity (Wildman–Crippen MR) is 400 cm³/mol. The van der Waals surface area contributed by atoms with Crippen molar-refractivity contribution in [2.75, 3.05) is 0 Å². The molecule has 2 aliphatic carbocycles. The van der Waals surface area contributed by atoms with Crippen molar-refractivity contribution in [3.05, 3.63) is 377 Å². The van der Waals surface area contributed by atoms with Crippen molar-refractivity contribution in [1.82, 2.24) is 9.97 Å². The fourth-order valence-corrected chi connectivity index (χ4v) is 15.7. The molecule has 6 nitrogen and oxygen atoms in total. The van der Waals surface area contributed by atoms with Crippen LogP contribution >= 0.6 is 15.9 Å². The molecule has 0 unspecified atom stereocenters. The SMILES string of the molecule is Brc1cc(-c2ccccc2)cc(-c2ccccc2)n1.CC1(C)OB(c2ccc3c(c2)C2(c4ccccc4O3)c3ccccc3-c3ccccc32)OC1(C)C.c1ccc(-c2cc(-c3ccccc3)nc(-c3ccc4c(c3)C3(c5ccccc5O4)c4ccccc4-c4ccccc43)c2)cc1. The van der Waals surface area contributed by atoms with Crippen molar-refractivity contribution in [3.63, 3.8) is 0 Å². The van der Waals surface area contributed by atoms with E-state index in [-0.39, 0.29) is 0 Å². The Hall–Kier alpha value is -11.0. The van der Waals surface area contributed by atoms with Crippen LogP contribution in [0.3, 0.4) is 0 Å². The lowest BCUT2D eigenvalue weighted by Gasteiger charge is -2.39. The predicted octanol–water partition coefficient (Wildman–Crippen LogP) is 22.2. The van der Waals surface area contributed by atoms with E-state index in [9.17, 15) is 0 Å². The van der Waals surface area contributed by atoms with Gasteiger partial charge in [0.15, 0.2) is 0 Å². The van der Waals surface area contributed by atoms with Gasteiger partial charge in [0.05, 0.1) is 39.1 Å². The normalized spacial score (nSPS) is 15.0. The number of halogens is 1. The van der Waals surface area contributed by atoms with Crippen molar-refractivity contribution in [1.29, 1.82) is 0 Å². The van der Waals surface area contributed by atoms with Gasteiger partial charge < -0.3 is 18.8 Å². The van der Waals surface area contributed by atoms with E-state index in [0.717, 1.165) is 94.7 Å². The second kappa shape index (κ2) is 24.3. The quantitative estimate of drug-likeness (QED) is 0.122. The summed E-state index contributed by atoms with van der Waals surface area (Å²) in [7, 11) is -0.439. The number of ether oxygens (including phenoxy) is 2. The van der Waals surface area contributed by atoms with Gasteiger partial charge in [0.2, 0.25) is 0 Å². The highest BCUT2D eigenvalue weighted by Crippen LogP contribution is 2.64. The van der Waals surface area contributed by atoms with Crippen LogP contribution in [0.4, 0.5) is 0 Å². The molecule has 0 bridgehead atoms. The summed E-state index contributed by atoms with van der Waals surface area (Å²) in [5.74, 6) is 3.54.